The molecule has 6 nitrogen and oxygen atoms in total. The molecule has 0 aliphatic heterocycles. The maximum atomic E-state index is 13.7. The van der Waals surface area contributed by atoms with Crippen molar-refractivity contribution in [2.24, 2.45) is 5.16 Å². The Balaban J connectivity index is 2.71. The molecule has 0 saturated carbocycles. The fraction of sp³-hybridized carbons (Fsp3) is 0.316. The van der Waals surface area contributed by atoms with Crippen LogP contribution in [0.15, 0.2) is 33.9 Å². The highest BCUT2D eigenvalue weighted by atomic mass is 79.9. The van der Waals surface area contributed by atoms with Crippen molar-refractivity contribution in [1.29, 1.82) is 0 Å². The topological polar surface area (TPSA) is 81.0 Å². The van der Waals surface area contributed by atoms with Crippen molar-refractivity contribution in [3.8, 4) is 5.75 Å². The number of nitrogens with zero attached hydrogens (tertiary/aromatic N) is 2. The van der Waals surface area contributed by atoms with Gasteiger partial charge in [0.1, 0.15) is 34.3 Å². The van der Waals surface area contributed by atoms with Crippen LogP contribution >= 0.6 is 15.9 Å². The molecule has 144 valence electrons. The molecule has 2 aromatic rings. The van der Waals surface area contributed by atoms with Crippen LogP contribution in [0.25, 0.3) is 0 Å². The third-order valence-corrected chi connectivity index (χ3v) is 3.95. The summed E-state index contributed by atoms with van der Waals surface area (Å²) >= 11 is 3.13. The SMILES string of the molecule is COCc1cc(C=O)nc(/C(=N\OC(C)(C)C)c2ccc(F)c(Br)c2)c1O. The van der Waals surface area contributed by atoms with Crippen LogP contribution in [0.2, 0.25) is 0 Å². The van der Waals surface area contributed by atoms with Gasteiger partial charge in [-0.2, -0.15) is 0 Å². The van der Waals surface area contributed by atoms with Crippen LogP contribution in [-0.2, 0) is 16.2 Å². The van der Waals surface area contributed by atoms with Gasteiger partial charge >= 0.3 is 0 Å². The first-order valence-corrected chi connectivity index (χ1v) is 8.84. The van der Waals surface area contributed by atoms with Gasteiger partial charge in [-0.15, -0.1) is 0 Å². The Kier molecular flexibility index (Phi) is 6.67. The zero-order valence-corrected chi connectivity index (χ0v) is 17.0. The molecule has 0 radical (unpaired) electrons. The number of aromatic hydroxyl groups is 1. The van der Waals surface area contributed by atoms with Crippen molar-refractivity contribution < 1.29 is 23.9 Å². The van der Waals surface area contributed by atoms with Crippen molar-refractivity contribution in [3.63, 3.8) is 0 Å². The Labute approximate surface area is 165 Å². The first-order chi connectivity index (χ1) is 12.7. The lowest BCUT2D eigenvalue weighted by atomic mass is 10.0. The molecule has 0 aliphatic carbocycles. The van der Waals surface area contributed by atoms with Crippen LogP contribution in [0.1, 0.15) is 48.1 Å². The van der Waals surface area contributed by atoms with Crippen molar-refractivity contribution in [2.75, 3.05) is 7.11 Å². The lowest BCUT2D eigenvalue weighted by Crippen LogP contribution is -2.18. The number of halogens is 2. The summed E-state index contributed by atoms with van der Waals surface area (Å²) in [6.07, 6.45) is 0.560. The fourth-order valence-electron chi connectivity index (χ4n) is 2.16. The Morgan fingerprint density at radius 3 is 2.63 bits per heavy atom. The smallest absolute Gasteiger partial charge is 0.168 e. The van der Waals surface area contributed by atoms with E-state index in [1.54, 1.807) is 20.8 Å². The van der Waals surface area contributed by atoms with E-state index in [4.69, 9.17) is 9.57 Å². The number of oxime groups is 1. The third-order valence-electron chi connectivity index (χ3n) is 3.34. The summed E-state index contributed by atoms with van der Waals surface area (Å²) < 4.78 is 18.9. The summed E-state index contributed by atoms with van der Waals surface area (Å²) in [5.74, 6) is -0.645. The fourth-order valence-corrected chi connectivity index (χ4v) is 2.54. The maximum Gasteiger partial charge on any atom is 0.168 e. The number of aldehydes is 1. The molecule has 0 saturated heterocycles. The molecule has 2 rings (SSSR count). The van der Waals surface area contributed by atoms with Gasteiger partial charge in [0.25, 0.3) is 0 Å². The first kappa shape index (κ1) is 21.0. The molecule has 8 heteroatoms. The summed E-state index contributed by atoms with van der Waals surface area (Å²) in [6.45, 7) is 5.49. The molecule has 0 bridgehead atoms. The zero-order chi connectivity index (χ0) is 20.2. The van der Waals surface area contributed by atoms with E-state index in [0.29, 0.717) is 17.4 Å². The Bertz CT molecular complexity index is 879. The van der Waals surface area contributed by atoms with Crippen LogP contribution < -0.4 is 0 Å². The van der Waals surface area contributed by atoms with E-state index in [1.165, 1.54) is 31.4 Å². The van der Waals surface area contributed by atoms with Crippen molar-refractivity contribution in [3.05, 3.63) is 57.1 Å². The number of carbonyl (C=O) groups excluding carboxylic acids is 1. The van der Waals surface area contributed by atoms with Crippen molar-refractivity contribution >= 4 is 27.9 Å². The lowest BCUT2D eigenvalue weighted by molar-refractivity contribution is 0.00110. The molecule has 0 atom stereocenters. The van der Waals surface area contributed by atoms with Crippen LogP contribution in [0, 0.1) is 5.82 Å². The minimum atomic E-state index is -0.615. The largest absolute Gasteiger partial charge is 0.505 e. The quantitative estimate of drug-likeness (QED) is 0.414. The van der Waals surface area contributed by atoms with E-state index in [9.17, 15) is 14.3 Å². The number of hydrogen-bond acceptors (Lipinski definition) is 6. The predicted octanol–water partition coefficient (Wildman–Crippen LogP) is 4.22. The second kappa shape index (κ2) is 8.58. The van der Waals surface area contributed by atoms with Gasteiger partial charge in [0.05, 0.1) is 11.1 Å². The average Bonchev–Trinajstić information content (AvgIpc) is 2.60. The number of pyridine rings is 1. The molecule has 0 fully saturated rings. The highest BCUT2D eigenvalue weighted by molar-refractivity contribution is 9.10. The van der Waals surface area contributed by atoms with Crippen LogP contribution in [0.5, 0.6) is 5.75 Å². The van der Waals surface area contributed by atoms with E-state index in [2.05, 4.69) is 26.1 Å². The first-order valence-electron chi connectivity index (χ1n) is 8.05. The summed E-state index contributed by atoms with van der Waals surface area (Å²) in [5.41, 5.74) is 0.490. The van der Waals surface area contributed by atoms with Crippen LogP contribution in [-0.4, -0.2) is 34.8 Å². The highest BCUT2D eigenvalue weighted by Gasteiger charge is 2.21. The third kappa shape index (κ3) is 5.33. The Morgan fingerprint density at radius 2 is 2.07 bits per heavy atom. The summed E-state index contributed by atoms with van der Waals surface area (Å²) in [7, 11) is 1.47. The van der Waals surface area contributed by atoms with Crippen LogP contribution in [0.4, 0.5) is 4.39 Å². The van der Waals surface area contributed by atoms with E-state index in [0.717, 1.165) is 0 Å². The summed E-state index contributed by atoms with van der Waals surface area (Å²) in [5, 5.41) is 14.8. The van der Waals surface area contributed by atoms with Gasteiger partial charge in [-0.25, -0.2) is 9.37 Å². The number of ether oxygens (including phenoxy) is 1. The number of methoxy groups -OCH3 is 1. The normalized spacial score (nSPS) is 12.1. The molecule has 0 aliphatic rings. The van der Waals surface area contributed by atoms with Gasteiger partial charge < -0.3 is 14.7 Å². The monoisotopic (exact) mass is 438 g/mol. The molecular formula is C19H20BrFN2O4. The Hall–Kier alpha value is -2.32. The minimum absolute atomic E-state index is 0.0365. The van der Waals surface area contributed by atoms with Gasteiger partial charge in [0, 0.05) is 18.2 Å². The molecule has 27 heavy (non-hydrogen) atoms. The molecular weight excluding hydrogens is 419 g/mol. The molecule has 1 N–H and O–H groups in total. The predicted molar refractivity (Wildman–Crippen MR) is 103 cm³/mol. The molecule has 1 heterocycles. The van der Waals surface area contributed by atoms with E-state index >= 15 is 0 Å². The summed E-state index contributed by atoms with van der Waals surface area (Å²) in [4.78, 5) is 21.0. The number of rotatable bonds is 6. The molecule has 1 aromatic heterocycles. The van der Waals surface area contributed by atoms with Gasteiger partial charge in [-0.1, -0.05) is 5.16 Å². The standard InChI is InChI=1S/C19H20BrFN2O4/c1-19(2,3)27-23-16(11-5-6-15(21)14(20)8-11)17-18(25)12(10-26-4)7-13(9-24)22-17/h5-9,25H,10H2,1-4H3/b23-16-. The van der Waals surface area contributed by atoms with E-state index in [-0.39, 0.29) is 33.9 Å². The minimum Gasteiger partial charge on any atom is -0.505 e. The van der Waals surface area contributed by atoms with Gasteiger partial charge in [0.15, 0.2) is 6.29 Å². The number of aromatic nitrogens is 1. The highest BCUT2D eigenvalue weighted by Crippen LogP contribution is 2.28. The second-order valence-electron chi connectivity index (χ2n) is 6.73. The van der Waals surface area contributed by atoms with Gasteiger partial charge in [0.2, 0.25) is 0 Å². The zero-order valence-electron chi connectivity index (χ0n) is 15.4. The van der Waals surface area contributed by atoms with Crippen molar-refractivity contribution in [1.82, 2.24) is 4.98 Å². The van der Waals surface area contributed by atoms with E-state index in [1.807, 2.05) is 0 Å². The van der Waals surface area contributed by atoms with E-state index < -0.39 is 11.4 Å². The lowest BCUT2D eigenvalue weighted by Gasteiger charge is -2.18. The number of carbonyl (C=O) groups is 1. The van der Waals surface area contributed by atoms with Crippen molar-refractivity contribution in [2.45, 2.75) is 33.0 Å². The molecule has 0 spiro atoms. The molecule has 0 amide bonds. The van der Waals surface area contributed by atoms with Crippen LogP contribution in [0.3, 0.4) is 0 Å². The van der Waals surface area contributed by atoms with Gasteiger partial charge in [-0.3, -0.25) is 4.79 Å². The van der Waals surface area contributed by atoms with Gasteiger partial charge in [-0.05, 0) is 61.0 Å². The maximum absolute atomic E-state index is 13.7. The average molecular weight is 439 g/mol. The molecule has 0 unspecified atom stereocenters. The molecule has 1 aromatic carbocycles. The summed E-state index contributed by atoms with van der Waals surface area (Å²) in [6, 6.07) is 5.65. The Morgan fingerprint density at radius 1 is 1.37 bits per heavy atom. The number of benzene rings is 1. The second-order valence-corrected chi connectivity index (χ2v) is 7.58. The number of hydrogen-bond donors (Lipinski definition) is 1.